The van der Waals surface area contributed by atoms with Crippen LogP contribution in [0.4, 0.5) is 24.1 Å². The Bertz CT molecular complexity index is 1040. The lowest BCUT2D eigenvalue weighted by Gasteiger charge is -2.40. The molecular formula is C21H21F3N4OS. The van der Waals surface area contributed by atoms with Gasteiger partial charge in [0.05, 0.1) is 11.3 Å². The third-order valence-electron chi connectivity index (χ3n) is 4.99. The van der Waals surface area contributed by atoms with Crippen molar-refractivity contribution >= 4 is 28.2 Å². The zero-order valence-corrected chi connectivity index (χ0v) is 16.9. The highest BCUT2D eigenvalue weighted by atomic mass is 32.1. The Morgan fingerprint density at radius 1 is 1.27 bits per heavy atom. The molecule has 0 aliphatic carbocycles. The predicted octanol–water partition coefficient (Wildman–Crippen LogP) is 5.25. The van der Waals surface area contributed by atoms with Gasteiger partial charge in [0.2, 0.25) is 5.91 Å². The van der Waals surface area contributed by atoms with Gasteiger partial charge < -0.3 is 10.2 Å². The van der Waals surface area contributed by atoms with Crippen molar-refractivity contribution in [2.24, 2.45) is 0 Å². The van der Waals surface area contributed by atoms with Crippen LogP contribution in [-0.4, -0.2) is 28.5 Å². The van der Waals surface area contributed by atoms with E-state index in [4.69, 9.17) is 0 Å². The first-order valence-corrected chi connectivity index (χ1v) is 10.3. The fourth-order valence-corrected chi connectivity index (χ4v) is 4.24. The molecule has 158 valence electrons. The zero-order chi connectivity index (χ0) is 21.3. The van der Waals surface area contributed by atoms with E-state index in [1.54, 1.807) is 4.90 Å². The number of alkyl halides is 3. The number of aryl methyl sites for hydroxylation is 1. The molecule has 0 unspecified atom stereocenters. The van der Waals surface area contributed by atoms with E-state index in [1.807, 2.05) is 37.3 Å². The summed E-state index contributed by atoms with van der Waals surface area (Å²) in [5, 5.41) is 3.38. The molecule has 3 aromatic rings. The minimum Gasteiger partial charge on any atom is -0.344 e. The largest absolute Gasteiger partial charge is 0.417 e. The van der Waals surface area contributed by atoms with Gasteiger partial charge in [0.25, 0.3) is 0 Å². The summed E-state index contributed by atoms with van der Waals surface area (Å²) in [5.74, 6) is 0.117. The Labute approximate surface area is 177 Å². The van der Waals surface area contributed by atoms with E-state index in [2.05, 4.69) is 15.3 Å². The molecule has 1 aromatic carbocycles. The molecule has 30 heavy (non-hydrogen) atoms. The Morgan fingerprint density at radius 3 is 2.60 bits per heavy atom. The van der Waals surface area contributed by atoms with Crippen LogP contribution in [-0.2, 0) is 17.4 Å². The van der Waals surface area contributed by atoms with Crippen molar-refractivity contribution in [1.29, 1.82) is 0 Å². The Hall–Kier alpha value is -2.94. The highest BCUT2D eigenvalue weighted by molar-refractivity contribution is 7.16. The number of hydrogen-bond acceptors (Lipinski definition) is 5. The number of carbonyl (C=O) groups is 1. The first-order chi connectivity index (χ1) is 14.4. The minimum atomic E-state index is -4.43. The molecule has 9 heteroatoms. The average Bonchev–Trinajstić information content (AvgIpc) is 3.10. The zero-order valence-electron chi connectivity index (χ0n) is 16.1. The number of nitrogens with zero attached hydrogens (tertiary/aromatic N) is 3. The lowest BCUT2D eigenvalue weighted by molar-refractivity contribution is -0.137. The molecule has 2 aromatic heterocycles. The van der Waals surface area contributed by atoms with E-state index < -0.39 is 17.8 Å². The monoisotopic (exact) mass is 434 g/mol. The van der Waals surface area contributed by atoms with Crippen LogP contribution in [0.2, 0.25) is 0 Å². The van der Waals surface area contributed by atoms with Crippen LogP contribution < -0.4 is 10.2 Å². The van der Waals surface area contributed by atoms with Crippen molar-refractivity contribution in [2.45, 2.75) is 32.0 Å². The third-order valence-corrected chi connectivity index (χ3v) is 6.10. The molecule has 3 heterocycles. The average molecular weight is 434 g/mol. The summed E-state index contributed by atoms with van der Waals surface area (Å²) in [6.45, 7) is 2.60. The quantitative estimate of drug-likeness (QED) is 0.596. The van der Waals surface area contributed by atoms with Crippen molar-refractivity contribution in [3.63, 3.8) is 0 Å². The summed E-state index contributed by atoms with van der Waals surface area (Å²) < 4.78 is 38.2. The number of nitrogens with one attached hydrogen (secondary N) is 1. The van der Waals surface area contributed by atoms with Crippen LogP contribution in [0, 0.1) is 0 Å². The number of benzene rings is 1. The number of carbonyl (C=O) groups excluding carboxylic acids is 1. The molecule has 1 saturated heterocycles. The van der Waals surface area contributed by atoms with Crippen LogP contribution in [0.3, 0.4) is 0 Å². The Morgan fingerprint density at radius 2 is 2.03 bits per heavy atom. The molecular weight excluding hydrogens is 413 g/mol. The van der Waals surface area contributed by atoms with E-state index in [-0.39, 0.29) is 7.33 Å². The number of rotatable bonds is 5. The number of amides is 1. The first-order valence-electron chi connectivity index (χ1n) is 9.52. The van der Waals surface area contributed by atoms with Gasteiger partial charge in [-0.05, 0) is 25.0 Å². The van der Waals surface area contributed by atoms with Gasteiger partial charge in [-0.15, -0.1) is 11.3 Å². The fraction of sp³-hybridized carbons (Fsp3) is 0.286. The lowest BCUT2D eigenvalue weighted by Crippen LogP contribution is -2.54. The summed E-state index contributed by atoms with van der Waals surface area (Å²) in [5.41, 5.74) is 1.04. The standard InChI is InChI=1S/C21H19F3N4OS.H2/c1-2-16-18(13-6-4-3-5-7-13)26-20(30-16)27-19(29)15-10-11-28(15)17-9-8-14(12-25-17)21(22,23)24;/h3-9,12,15H,2,10-11H2,1H3,(H,26,27,29);1H/t15-;/m0./s1. The van der Waals surface area contributed by atoms with Crippen molar-refractivity contribution < 1.29 is 19.4 Å². The summed E-state index contributed by atoms with van der Waals surface area (Å²) in [7, 11) is 0. The minimum absolute atomic E-state index is 0. The summed E-state index contributed by atoms with van der Waals surface area (Å²) in [6.07, 6.45) is -2.24. The maximum atomic E-state index is 12.8. The molecule has 0 spiro atoms. The number of aromatic nitrogens is 2. The van der Waals surface area contributed by atoms with E-state index in [1.165, 1.54) is 17.4 Å². The van der Waals surface area contributed by atoms with E-state index in [0.717, 1.165) is 34.8 Å². The van der Waals surface area contributed by atoms with Crippen LogP contribution in [0.25, 0.3) is 11.3 Å². The van der Waals surface area contributed by atoms with Crippen molar-refractivity contribution in [3.05, 3.63) is 59.1 Å². The molecule has 0 saturated carbocycles. The van der Waals surface area contributed by atoms with Crippen molar-refractivity contribution in [3.8, 4) is 11.3 Å². The summed E-state index contributed by atoms with van der Waals surface area (Å²) >= 11 is 1.43. The molecule has 1 atom stereocenters. The van der Waals surface area contributed by atoms with Gasteiger partial charge in [0.15, 0.2) is 5.13 Å². The van der Waals surface area contributed by atoms with Gasteiger partial charge >= 0.3 is 6.18 Å². The molecule has 1 amide bonds. The molecule has 1 aliphatic rings. The number of anilines is 2. The van der Waals surface area contributed by atoms with E-state index >= 15 is 0 Å². The van der Waals surface area contributed by atoms with E-state index in [9.17, 15) is 18.0 Å². The van der Waals surface area contributed by atoms with Crippen LogP contribution >= 0.6 is 11.3 Å². The maximum Gasteiger partial charge on any atom is 0.417 e. The Kier molecular flexibility index (Phi) is 5.46. The molecule has 1 fully saturated rings. The topological polar surface area (TPSA) is 58.1 Å². The number of pyridine rings is 1. The van der Waals surface area contributed by atoms with Crippen LogP contribution in [0.15, 0.2) is 48.7 Å². The molecule has 1 aliphatic heterocycles. The fourth-order valence-electron chi connectivity index (χ4n) is 3.31. The van der Waals surface area contributed by atoms with Gasteiger partial charge in [-0.25, -0.2) is 9.97 Å². The third kappa shape index (κ3) is 4.02. The molecule has 1 N–H and O–H groups in total. The second kappa shape index (κ2) is 8.06. The van der Waals surface area contributed by atoms with Gasteiger partial charge in [-0.2, -0.15) is 13.2 Å². The Balaban J connectivity index is 0.00000272. The molecule has 5 nitrogen and oxygen atoms in total. The van der Waals surface area contributed by atoms with Crippen molar-refractivity contribution in [2.75, 3.05) is 16.8 Å². The second-order valence-corrected chi connectivity index (χ2v) is 7.98. The summed E-state index contributed by atoms with van der Waals surface area (Å²) in [6, 6.07) is 11.6. The predicted molar refractivity (Wildman–Crippen MR) is 113 cm³/mol. The van der Waals surface area contributed by atoms with Gasteiger partial charge in [0.1, 0.15) is 11.9 Å². The van der Waals surface area contributed by atoms with Crippen molar-refractivity contribution in [1.82, 2.24) is 9.97 Å². The molecule has 0 radical (unpaired) electrons. The number of halogens is 3. The normalized spacial score (nSPS) is 16.3. The van der Waals surface area contributed by atoms with Gasteiger partial charge in [0, 0.05) is 24.6 Å². The molecule has 0 bridgehead atoms. The summed E-state index contributed by atoms with van der Waals surface area (Å²) in [4.78, 5) is 24.0. The second-order valence-electron chi connectivity index (χ2n) is 6.90. The highest BCUT2D eigenvalue weighted by Crippen LogP contribution is 2.34. The van der Waals surface area contributed by atoms with Crippen LogP contribution in [0.1, 0.15) is 25.2 Å². The number of thiazole rings is 1. The SMILES string of the molecule is CCc1sc(NC(=O)[C@@H]2CCN2c2ccc(C(F)(F)F)cn2)nc1-c1ccccc1.[HH]. The first kappa shape index (κ1) is 20.3. The van der Waals surface area contributed by atoms with E-state index in [0.29, 0.717) is 23.9 Å². The van der Waals surface area contributed by atoms with Gasteiger partial charge in [-0.1, -0.05) is 37.3 Å². The number of hydrogen-bond donors (Lipinski definition) is 1. The molecule has 4 rings (SSSR count). The maximum absolute atomic E-state index is 12.8. The lowest BCUT2D eigenvalue weighted by atomic mass is 10.0. The highest BCUT2D eigenvalue weighted by Gasteiger charge is 2.36. The smallest absolute Gasteiger partial charge is 0.344 e. The van der Waals surface area contributed by atoms with Gasteiger partial charge in [-0.3, -0.25) is 4.79 Å². The van der Waals surface area contributed by atoms with Crippen LogP contribution in [0.5, 0.6) is 0 Å².